The number of carbonyl (C=O) groups excluding carboxylic acids is 3. The third-order valence-electron chi connectivity index (χ3n) is 5.05. The standard InChI is InChI=1S/C12H14O4.C12H22O2/c1-3-15-11(13)9-7-5-6-8-10(9)12(14)16-4-2;1-9(13)14-11-8-6-5-7-10(11)12(2,3)4/h5-8H,3-4H2,1-2H3;10-11H,5-8H2,1-4H3. The van der Waals surface area contributed by atoms with Gasteiger partial charge in [-0.3, -0.25) is 4.79 Å². The van der Waals surface area contributed by atoms with Gasteiger partial charge in [-0.25, -0.2) is 9.59 Å². The van der Waals surface area contributed by atoms with E-state index in [1.165, 1.54) is 26.2 Å². The molecule has 30 heavy (non-hydrogen) atoms. The largest absolute Gasteiger partial charge is 0.462 e. The second kappa shape index (κ2) is 12.4. The molecule has 1 aliphatic rings. The number of hydrogen-bond donors (Lipinski definition) is 0. The molecule has 0 aromatic heterocycles. The van der Waals surface area contributed by atoms with Gasteiger partial charge >= 0.3 is 17.9 Å². The van der Waals surface area contributed by atoms with Crippen LogP contribution in [0.2, 0.25) is 0 Å². The minimum atomic E-state index is -0.508. The summed E-state index contributed by atoms with van der Waals surface area (Å²) in [4.78, 5) is 34.1. The van der Waals surface area contributed by atoms with E-state index in [0.29, 0.717) is 5.92 Å². The van der Waals surface area contributed by atoms with Crippen LogP contribution in [0.3, 0.4) is 0 Å². The summed E-state index contributed by atoms with van der Waals surface area (Å²) < 4.78 is 15.1. The van der Waals surface area contributed by atoms with E-state index in [1.807, 2.05) is 0 Å². The van der Waals surface area contributed by atoms with Gasteiger partial charge < -0.3 is 14.2 Å². The summed E-state index contributed by atoms with van der Waals surface area (Å²) in [6.45, 7) is 12.2. The monoisotopic (exact) mass is 420 g/mol. The molecule has 0 radical (unpaired) electrons. The number of ether oxygens (including phenoxy) is 3. The van der Waals surface area contributed by atoms with Crippen LogP contribution in [0.4, 0.5) is 0 Å². The number of carbonyl (C=O) groups is 3. The highest BCUT2D eigenvalue weighted by Gasteiger charge is 2.35. The van der Waals surface area contributed by atoms with Crippen molar-refractivity contribution in [1.29, 1.82) is 0 Å². The van der Waals surface area contributed by atoms with Crippen LogP contribution in [0, 0.1) is 11.3 Å². The lowest BCUT2D eigenvalue weighted by molar-refractivity contribution is -0.153. The normalized spacial score (nSPS) is 18.5. The molecule has 0 spiro atoms. The molecule has 1 saturated carbocycles. The topological polar surface area (TPSA) is 78.9 Å². The van der Waals surface area contributed by atoms with Gasteiger partial charge in [-0.15, -0.1) is 0 Å². The molecule has 2 atom stereocenters. The van der Waals surface area contributed by atoms with Crippen molar-refractivity contribution in [1.82, 2.24) is 0 Å². The molecular formula is C24H36O6. The molecule has 2 unspecified atom stereocenters. The summed E-state index contributed by atoms with van der Waals surface area (Å²) in [5, 5.41) is 0. The van der Waals surface area contributed by atoms with Crippen LogP contribution in [-0.2, 0) is 19.0 Å². The summed E-state index contributed by atoms with van der Waals surface area (Å²) in [7, 11) is 0. The quantitative estimate of drug-likeness (QED) is 0.481. The van der Waals surface area contributed by atoms with Crippen molar-refractivity contribution in [3.05, 3.63) is 35.4 Å². The van der Waals surface area contributed by atoms with Crippen LogP contribution in [0.25, 0.3) is 0 Å². The first-order valence-corrected chi connectivity index (χ1v) is 10.7. The highest BCUT2D eigenvalue weighted by Crippen LogP contribution is 2.39. The predicted octanol–water partition coefficient (Wildman–Crippen LogP) is 5.19. The van der Waals surface area contributed by atoms with Gasteiger partial charge in [0.25, 0.3) is 0 Å². The van der Waals surface area contributed by atoms with E-state index in [1.54, 1.807) is 38.1 Å². The lowest BCUT2D eigenvalue weighted by Crippen LogP contribution is -2.37. The molecular weight excluding hydrogens is 384 g/mol. The Labute approximate surface area is 180 Å². The third kappa shape index (κ3) is 8.17. The first kappa shape index (κ1) is 25.7. The van der Waals surface area contributed by atoms with Crippen LogP contribution >= 0.6 is 0 Å². The molecule has 6 nitrogen and oxygen atoms in total. The molecule has 0 heterocycles. The number of benzene rings is 1. The van der Waals surface area contributed by atoms with E-state index >= 15 is 0 Å². The second-order valence-corrected chi connectivity index (χ2v) is 8.39. The number of hydrogen-bond acceptors (Lipinski definition) is 6. The fraction of sp³-hybridized carbons (Fsp3) is 0.625. The minimum absolute atomic E-state index is 0.133. The first-order chi connectivity index (χ1) is 14.1. The van der Waals surface area contributed by atoms with Gasteiger partial charge in [-0.1, -0.05) is 39.3 Å². The molecule has 6 heteroatoms. The summed E-state index contributed by atoms with van der Waals surface area (Å²) >= 11 is 0. The van der Waals surface area contributed by atoms with Gasteiger partial charge in [-0.05, 0) is 50.7 Å². The third-order valence-corrected chi connectivity index (χ3v) is 5.05. The smallest absolute Gasteiger partial charge is 0.338 e. The van der Waals surface area contributed by atoms with Crippen LogP contribution in [0.15, 0.2) is 24.3 Å². The van der Waals surface area contributed by atoms with Crippen LogP contribution in [-0.4, -0.2) is 37.2 Å². The Morgan fingerprint density at radius 1 is 0.900 bits per heavy atom. The molecule has 1 fully saturated rings. The Balaban J connectivity index is 0.000000303. The second-order valence-electron chi connectivity index (χ2n) is 8.39. The maximum absolute atomic E-state index is 11.5. The number of rotatable bonds is 5. The number of esters is 3. The van der Waals surface area contributed by atoms with Gasteiger partial charge in [0, 0.05) is 12.8 Å². The van der Waals surface area contributed by atoms with Crippen LogP contribution in [0.5, 0.6) is 0 Å². The van der Waals surface area contributed by atoms with E-state index in [2.05, 4.69) is 20.8 Å². The Bertz CT molecular complexity index is 667. The SMILES string of the molecule is CC(=O)OC1CCCCC1C(C)(C)C.CCOC(=O)c1ccccc1C(=O)OCC. The summed E-state index contributed by atoms with van der Waals surface area (Å²) in [6, 6.07) is 6.44. The van der Waals surface area contributed by atoms with Gasteiger partial charge in [-0.2, -0.15) is 0 Å². The summed E-state index contributed by atoms with van der Waals surface area (Å²) in [6.07, 6.45) is 4.87. The van der Waals surface area contributed by atoms with E-state index in [-0.39, 0.29) is 41.8 Å². The van der Waals surface area contributed by atoms with Crippen LogP contribution < -0.4 is 0 Å². The zero-order valence-electron chi connectivity index (χ0n) is 19.2. The molecule has 168 valence electrons. The Morgan fingerprint density at radius 2 is 1.37 bits per heavy atom. The molecule has 1 aromatic rings. The average molecular weight is 421 g/mol. The summed E-state index contributed by atoms with van der Waals surface area (Å²) in [5.41, 5.74) is 0.728. The Hall–Kier alpha value is -2.37. The molecule has 0 aliphatic heterocycles. The fourth-order valence-electron chi connectivity index (χ4n) is 3.70. The minimum Gasteiger partial charge on any atom is -0.462 e. The molecule has 0 bridgehead atoms. The first-order valence-electron chi connectivity index (χ1n) is 10.7. The molecule has 1 aromatic carbocycles. The molecule has 0 amide bonds. The Kier molecular flexibility index (Phi) is 10.6. The fourth-order valence-corrected chi connectivity index (χ4v) is 3.70. The van der Waals surface area contributed by atoms with Crippen molar-refractivity contribution in [2.45, 2.75) is 73.3 Å². The lowest BCUT2D eigenvalue weighted by Gasteiger charge is -2.39. The average Bonchev–Trinajstić information content (AvgIpc) is 2.68. The zero-order valence-corrected chi connectivity index (χ0v) is 19.2. The van der Waals surface area contributed by atoms with E-state index in [4.69, 9.17) is 14.2 Å². The Morgan fingerprint density at radius 3 is 1.77 bits per heavy atom. The van der Waals surface area contributed by atoms with E-state index < -0.39 is 11.9 Å². The van der Waals surface area contributed by atoms with E-state index in [0.717, 1.165) is 6.42 Å². The summed E-state index contributed by atoms with van der Waals surface area (Å²) in [5.74, 6) is -0.622. The van der Waals surface area contributed by atoms with Crippen molar-refractivity contribution < 1.29 is 28.6 Å². The van der Waals surface area contributed by atoms with Gasteiger partial charge in [0.05, 0.1) is 24.3 Å². The zero-order chi connectivity index (χ0) is 22.7. The molecule has 2 rings (SSSR count). The molecule has 0 N–H and O–H groups in total. The van der Waals surface area contributed by atoms with Crippen molar-refractivity contribution in [3.8, 4) is 0 Å². The highest BCUT2D eigenvalue weighted by molar-refractivity contribution is 6.03. The maximum Gasteiger partial charge on any atom is 0.338 e. The molecule has 1 aliphatic carbocycles. The van der Waals surface area contributed by atoms with Gasteiger partial charge in [0.15, 0.2) is 0 Å². The van der Waals surface area contributed by atoms with Crippen molar-refractivity contribution in [2.24, 2.45) is 11.3 Å². The molecule has 0 saturated heterocycles. The van der Waals surface area contributed by atoms with Crippen LogP contribution in [0.1, 0.15) is 87.9 Å². The highest BCUT2D eigenvalue weighted by atomic mass is 16.5. The van der Waals surface area contributed by atoms with E-state index in [9.17, 15) is 14.4 Å². The predicted molar refractivity (Wildman–Crippen MR) is 115 cm³/mol. The van der Waals surface area contributed by atoms with Gasteiger partial charge in [0.2, 0.25) is 0 Å². The van der Waals surface area contributed by atoms with Crippen molar-refractivity contribution in [2.75, 3.05) is 13.2 Å². The lowest BCUT2D eigenvalue weighted by atomic mass is 9.71. The van der Waals surface area contributed by atoms with Crippen molar-refractivity contribution >= 4 is 17.9 Å². The van der Waals surface area contributed by atoms with Gasteiger partial charge in [0.1, 0.15) is 6.10 Å². The van der Waals surface area contributed by atoms with Crippen molar-refractivity contribution in [3.63, 3.8) is 0 Å². The maximum atomic E-state index is 11.5.